The standard InChI is InChI=1S/C14H10N2O2S/c17-13(11-7-3-1-4-8-11)15-14(18)16(19)12-9-5-2-6-10-12/h1-10H/p+1. The van der Waals surface area contributed by atoms with Crippen molar-refractivity contribution in [2.24, 2.45) is 0 Å². The summed E-state index contributed by atoms with van der Waals surface area (Å²) in [6.07, 6.45) is 0. The number of carbonyl (C=O) groups excluding carboxylic acids is 2. The molecule has 0 fully saturated rings. The highest BCUT2D eigenvalue weighted by Gasteiger charge is 2.23. The zero-order chi connectivity index (χ0) is 13.7. The molecule has 1 N–H and O–H groups in total. The fourth-order valence-electron chi connectivity index (χ4n) is 1.49. The molecule has 5 heteroatoms. The van der Waals surface area contributed by atoms with Gasteiger partial charge in [0.25, 0.3) is 0 Å². The van der Waals surface area contributed by atoms with Crippen molar-refractivity contribution in [2.45, 2.75) is 0 Å². The smallest absolute Gasteiger partial charge is 0.241 e. The first-order chi connectivity index (χ1) is 9.18. The van der Waals surface area contributed by atoms with Crippen molar-refractivity contribution >= 4 is 30.1 Å². The van der Waals surface area contributed by atoms with Crippen LogP contribution in [0.3, 0.4) is 0 Å². The van der Waals surface area contributed by atoms with Crippen LogP contribution in [0, 0.1) is 0 Å². The quantitative estimate of drug-likeness (QED) is 0.854. The fourth-order valence-corrected chi connectivity index (χ4v) is 1.66. The van der Waals surface area contributed by atoms with E-state index in [0.717, 1.165) is 3.95 Å². The molecule has 0 aliphatic heterocycles. The lowest BCUT2D eigenvalue weighted by Crippen LogP contribution is -2.34. The van der Waals surface area contributed by atoms with Crippen LogP contribution in [0.4, 0.5) is 10.5 Å². The SMILES string of the molecule is O=C(NC(=O)[N+](=S)c1ccccc1)c1ccccc1. The third kappa shape index (κ3) is 3.29. The minimum absolute atomic E-state index is 0.410. The van der Waals surface area contributed by atoms with Gasteiger partial charge in [-0.3, -0.25) is 0 Å². The van der Waals surface area contributed by atoms with E-state index < -0.39 is 11.9 Å². The number of amides is 3. The molecule has 2 aromatic carbocycles. The number of rotatable bonds is 2. The van der Waals surface area contributed by atoms with Crippen LogP contribution < -0.4 is 5.32 Å². The van der Waals surface area contributed by atoms with Crippen molar-refractivity contribution in [3.63, 3.8) is 0 Å². The Labute approximate surface area is 115 Å². The first-order valence-corrected chi connectivity index (χ1v) is 5.97. The lowest BCUT2D eigenvalue weighted by molar-refractivity contribution is -0.298. The number of para-hydroxylation sites is 1. The van der Waals surface area contributed by atoms with Crippen LogP contribution in [-0.4, -0.2) is 15.9 Å². The average Bonchev–Trinajstić information content (AvgIpc) is 2.48. The van der Waals surface area contributed by atoms with Crippen molar-refractivity contribution in [3.05, 3.63) is 66.2 Å². The highest BCUT2D eigenvalue weighted by Crippen LogP contribution is 2.09. The van der Waals surface area contributed by atoms with Crippen LogP contribution in [0.5, 0.6) is 0 Å². The summed E-state index contributed by atoms with van der Waals surface area (Å²) < 4.78 is 0.973. The number of hydrogen-bond acceptors (Lipinski definition) is 3. The fraction of sp³-hybridized carbons (Fsp3) is 0. The summed E-state index contributed by atoms with van der Waals surface area (Å²) in [6, 6.07) is 16.6. The van der Waals surface area contributed by atoms with E-state index in [0.29, 0.717) is 11.3 Å². The second-order valence-corrected chi connectivity index (χ2v) is 4.12. The molecule has 3 amide bonds. The van der Waals surface area contributed by atoms with Gasteiger partial charge in [-0.1, -0.05) is 40.3 Å². The molecule has 0 heterocycles. The van der Waals surface area contributed by atoms with E-state index in [-0.39, 0.29) is 0 Å². The molecule has 0 bridgehead atoms. The van der Waals surface area contributed by atoms with Gasteiger partial charge >= 0.3 is 11.9 Å². The van der Waals surface area contributed by atoms with Gasteiger partial charge in [-0.25, -0.2) is 4.79 Å². The number of nitrogens with zero attached hydrogens (tertiary/aromatic N) is 1. The molecule has 0 saturated carbocycles. The summed E-state index contributed by atoms with van der Waals surface area (Å²) in [5, 5.41) is 2.24. The Balaban J connectivity index is 2.06. The molecule has 0 unspecified atom stereocenters. The largest absolute Gasteiger partial charge is 0.516 e. The van der Waals surface area contributed by atoms with E-state index in [2.05, 4.69) is 5.32 Å². The molecule has 2 rings (SSSR count). The predicted octanol–water partition coefficient (Wildman–Crippen LogP) is 2.61. The Morgan fingerprint density at radius 1 is 0.895 bits per heavy atom. The lowest BCUT2D eigenvalue weighted by atomic mass is 10.2. The number of benzene rings is 2. The third-order valence-electron chi connectivity index (χ3n) is 2.43. The van der Waals surface area contributed by atoms with E-state index in [9.17, 15) is 9.59 Å². The van der Waals surface area contributed by atoms with Gasteiger partial charge in [-0.2, -0.15) is 10.1 Å². The molecule has 0 radical (unpaired) electrons. The topological polar surface area (TPSA) is 49.2 Å². The molecule has 0 saturated heterocycles. The zero-order valence-corrected chi connectivity index (χ0v) is 10.8. The van der Waals surface area contributed by atoms with Crippen LogP contribution in [0.1, 0.15) is 10.4 Å². The Hall–Kier alpha value is -2.40. The maximum atomic E-state index is 11.8. The van der Waals surface area contributed by atoms with Gasteiger partial charge in [-0.15, -0.1) is 0 Å². The van der Waals surface area contributed by atoms with Crippen molar-refractivity contribution in [2.75, 3.05) is 0 Å². The van der Waals surface area contributed by atoms with E-state index in [4.69, 9.17) is 12.4 Å². The molecular formula is C14H11N2O2S+. The molecule has 0 aliphatic carbocycles. The molecule has 2 aromatic rings. The van der Waals surface area contributed by atoms with Crippen LogP contribution in [0.25, 0.3) is 0 Å². The van der Waals surface area contributed by atoms with Crippen LogP contribution in [-0.2, 0) is 12.4 Å². The van der Waals surface area contributed by atoms with Gasteiger partial charge in [-0.05, 0) is 24.3 Å². The van der Waals surface area contributed by atoms with E-state index >= 15 is 0 Å². The van der Waals surface area contributed by atoms with E-state index in [1.807, 2.05) is 6.07 Å². The van der Waals surface area contributed by atoms with Crippen LogP contribution >= 0.6 is 0 Å². The Bertz CT molecular complexity index is 612. The second-order valence-electron chi connectivity index (χ2n) is 3.76. The summed E-state index contributed by atoms with van der Waals surface area (Å²) in [6.45, 7) is 0. The molecule has 0 aliphatic rings. The first kappa shape index (κ1) is 13.0. The molecule has 0 atom stereocenters. The van der Waals surface area contributed by atoms with Gasteiger partial charge in [0.2, 0.25) is 0 Å². The Kier molecular flexibility index (Phi) is 4.10. The normalized spacial score (nSPS) is 9.68. The Morgan fingerprint density at radius 2 is 1.42 bits per heavy atom. The lowest BCUT2D eigenvalue weighted by Gasteiger charge is -1.99. The number of nitrogens with one attached hydrogen (secondary N) is 1. The maximum absolute atomic E-state index is 11.8. The van der Waals surface area contributed by atoms with E-state index in [1.54, 1.807) is 54.6 Å². The van der Waals surface area contributed by atoms with Gasteiger partial charge in [0.1, 0.15) is 5.69 Å². The molecule has 19 heavy (non-hydrogen) atoms. The highest BCUT2D eigenvalue weighted by atomic mass is 32.1. The van der Waals surface area contributed by atoms with Gasteiger partial charge in [0, 0.05) is 0 Å². The van der Waals surface area contributed by atoms with Crippen molar-refractivity contribution in [1.29, 1.82) is 0 Å². The second kappa shape index (κ2) is 5.97. The van der Waals surface area contributed by atoms with Gasteiger partial charge in [0.05, 0.1) is 5.56 Å². The Morgan fingerprint density at radius 3 is 2.00 bits per heavy atom. The van der Waals surface area contributed by atoms with Crippen molar-refractivity contribution < 1.29 is 13.5 Å². The third-order valence-corrected chi connectivity index (χ3v) is 2.81. The van der Waals surface area contributed by atoms with Crippen LogP contribution in [0.15, 0.2) is 60.7 Å². The summed E-state index contributed by atoms with van der Waals surface area (Å²) in [5.41, 5.74) is 0.947. The van der Waals surface area contributed by atoms with Crippen LogP contribution in [0.2, 0.25) is 0 Å². The predicted molar refractivity (Wildman–Crippen MR) is 73.0 cm³/mol. The molecule has 0 aromatic heterocycles. The number of imide groups is 1. The van der Waals surface area contributed by atoms with Crippen molar-refractivity contribution in [3.8, 4) is 0 Å². The van der Waals surface area contributed by atoms with Gasteiger partial charge < -0.3 is 0 Å². The zero-order valence-electron chi connectivity index (χ0n) is 9.95. The molecule has 4 nitrogen and oxygen atoms in total. The van der Waals surface area contributed by atoms with E-state index in [1.165, 1.54) is 0 Å². The van der Waals surface area contributed by atoms with Crippen molar-refractivity contribution in [1.82, 2.24) is 5.32 Å². The monoisotopic (exact) mass is 271 g/mol. The molecule has 0 spiro atoms. The minimum atomic E-state index is -0.643. The first-order valence-electron chi connectivity index (χ1n) is 5.61. The number of hydrogen-bond donors (Lipinski definition) is 1. The average molecular weight is 271 g/mol. The number of carbonyl (C=O) groups is 2. The molecular weight excluding hydrogens is 260 g/mol. The maximum Gasteiger partial charge on any atom is 0.516 e. The highest BCUT2D eigenvalue weighted by molar-refractivity contribution is 7.44. The number of urea groups is 1. The van der Waals surface area contributed by atoms with Gasteiger partial charge in [0.15, 0.2) is 12.4 Å². The minimum Gasteiger partial charge on any atom is -0.241 e. The summed E-state index contributed by atoms with van der Waals surface area (Å²) in [4.78, 5) is 23.6. The molecule has 94 valence electrons. The summed E-state index contributed by atoms with van der Waals surface area (Å²) in [5.74, 6) is -0.476. The summed E-state index contributed by atoms with van der Waals surface area (Å²) in [7, 11) is 0. The summed E-state index contributed by atoms with van der Waals surface area (Å²) >= 11 is 4.96.